The Hall–Kier alpha value is -1.06. The topological polar surface area (TPSA) is 52.6 Å². The van der Waals surface area contributed by atoms with Gasteiger partial charge in [-0.1, -0.05) is 90.9 Å². The molecule has 0 spiro atoms. The standard InChI is InChI=1S/C23H44O4/c1-5-9-11-13-15-17-19-23(21(24)26-7-3,22(25)27-8-4)20-18-16-14-12-10-6-2/h5-20H2,1-4H3. The zero-order valence-electron chi connectivity index (χ0n) is 18.4. The summed E-state index contributed by atoms with van der Waals surface area (Å²) in [6.07, 6.45) is 14.6. The van der Waals surface area contributed by atoms with E-state index in [1.807, 2.05) is 0 Å². The molecule has 27 heavy (non-hydrogen) atoms. The molecule has 0 bridgehead atoms. The van der Waals surface area contributed by atoms with E-state index in [2.05, 4.69) is 13.8 Å². The van der Waals surface area contributed by atoms with E-state index in [1.165, 1.54) is 38.5 Å². The van der Waals surface area contributed by atoms with E-state index in [0.717, 1.165) is 38.5 Å². The second-order valence-corrected chi connectivity index (χ2v) is 7.56. The van der Waals surface area contributed by atoms with Crippen molar-refractivity contribution in [1.29, 1.82) is 0 Å². The number of hydrogen-bond acceptors (Lipinski definition) is 4. The third kappa shape index (κ3) is 10.8. The van der Waals surface area contributed by atoms with Crippen molar-refractivity contribution >= 4 is 11.9 Å². The van der Waals surface area contributed by atoms with Gasteiger partial charge in [0.25, 0.3) is 0 Å². The van der Waals surface area contributed by atoms with Gasteiger partial charge < -0.3 is 9.47 Å². The number of carbonyl (C=O) groups excluding carboxylic acids is 2. The molecule has 0 rings (SSSR count). The van der Waals surface area contributed by atoms with E-state index in [4.69, 9.17) is 9.47 Å². The fourth-order valence-corrected chi connectivity index (χ4v) is 3.57. The number of carbonyl (C=O) groups is 2. The maximum absolute atomic E-state index is 12.8. The molecule has 0 saturated heterocycles. The Labute approximate surface area is 167 Å². The van der Waals surface area contributed by atoms with Crippen LogP contribution in [-0.2, 0) is 19.1 Å². The average Bonchev–Trinajstić information content (AvgIpc) is 2.66. The Balaban J connectivity index is 4.90. The summed E-state index contributed by atoms with van der Waals surface area (Å²) < 4.78 is 10.7. The van der Waals surface area contributed by atoms with Crippen molar-refractivity contribution in [1.82, 2.24) is 0 Å². The number of unbranched alkanes of at least 4 members (excludes halogenated alkanes) is 10. The summed E-state index contributed by atoms with van der Waals surface area (Å²) in [5, 5.41) is 0. The molecule has 0 radical (unpaired) electrons. The predicted octanol–water partition coefficient (Wildman–Crippen LogP) is 6.60. The summed E-state index contributed by atoms with van der Waals surface area (Å²) in [5.74, 6) is -0.767. The molecule has 0 unspecified atom stereocenters. The van der Waals surface area contributed by atoms with Crippen molar-refractivity contribution in [2.24, 2.45) is 5.41 Å². The Kier molecular flexibility index (Phi) is 16.4. The molecule has 0 atom stereocenters. The van der Waals surface area contributed by atoms with Gasteiger partial charge in [-0.3, -0.25) is 9.59 Å². The van der Waals surface area contributed by atoms with Crippen molar-refractivity contribution < 1.29 is 19.1 Å². The third-order valence-corrected chi connectivity index (χ3v) is 5.25. The van der Waals surface area contributed by atoms with Crippen LogP contribution in [-0.4, -0.2) is 25.2 Å². The van der Waals surface area contributed by atoms with Gasteiger partial charge in [0.2, 0.25) is 0 Å². The first-order chi connectivity index (χ1) is 13.1. The Morgan fingerprint density at radius 1 is 0.556 bits per heavy atom. The average molecular weight is 385 g/mol. The molecule has 0 aliphatic carbocycles. The highest BCUT2D eigenvalue weighted by atomic mass is 16.6. The van der Waals surface area contributed by atoms with Crippen LogP contribution in [0.4, 0.5) is 0 Å². The zero-order chi connectivity index (χ0) is 20.4. The van der Waals surface area contributed by atoms with Gasteiger partial charge in [0.05, 0.1) is 13.2 Å². The van der Waals surface area contributed by atoms with Crippen LogP contribution in [0.15, 0.2) is 0 Å². The molecule has 0 saturated carbocycles. The van der Waals surface area contributed by atoms with Crippen molar-refractivity contribution in [2.75, 3.05) is 13.2 Å². The molecule has 160 valence electrons. The van der Waals surface area contributed by atoms with E-state index >= 15 is 0 Å². The fourth-order valence-electron chi connectivity index (χ4n) is 3.57. The normalized spacial score (nSPS) is 11.4. The maximum atomic E-state index is 12.8. The highest BCUT2D eigenvalue weighted by molar-refractivity contribution is 6.00. The minimum Gasteiger partial charge on any atom is -0.465 e. The van der Waals surface area contributed by atoms with E-state index in [-0.39, 0.29) is 11.9 Å². The molecule has 0 amide bonds. The predicted molar refractivity (Wildman–Crippen MR) is 112 cm³/mol. The lowest BCUT2D eigenvalue weighted by molar-refractivity contribution is -0.173. The zero-order valence-corrected chi connectivity index (χ0v) is 18.4. The fraction of sp³-hybridized carbons (Fsp3) is 0.913. The van der Waals surface area contributed by atoms with Gasteiger partial charge in [-0.05, 0) is 26.7 Å². The van der Waals surface area contributed by atoms with Crippen molar-refractivity contribution in [3.05, 3.63) is 0 Å². The Morgan fingerprint density at radius 3 is 1.22 bits per heavy atom. The van der Waals surface area contributed by atoms with Crippen LogP contribution in [0, 0.1) is 5.41 Å². The molecule has 0 aliphatic heterocycles. The first kappa shape index (κ1) is 25.9. The molecule has 0 aromatic rings. The van der Waals surface area contributed by atoms with Crippen molar-refractivity contribution in [2.45, 2.75) is 118 Å². The van der Waals surface area contributed by atoms with Crippen molar-refractivity contribution in [3.8, 4) is 0 Å². The molecule has 0 N–H and O–H groups in total. The van der Waals surface area contributed by atoms with E-state index in [0.29, 0.717) is 26.1 Å². The van der Waals surface area contributed by atoms with Gasteiger partial charge >= 0.3 is 11.9 Å². The second-order valence-electron chi connectivity index (χ2n) is 7.56. The minimum absolute atomic E-state index is 0.299. The van der Waals surface area contributed by atoms with E-state index in [1.54, 1.807) is 13.8 Å². The lowest BCUT2D eigenvalue weighted by Gasteiger charge is -2.29. The molecular weight excluding hydrogens is 340 g/mol. The molecular formula is C23H44O4. The Bertz CT molecular complexity index is 343. The van der Waals surface area contributed by atoms with Gasteiger partial charge in [0.1, 0.15) is 0 Å². The SMILES string of the molecule is CCCCCCCCC(CCCCCCCC)(C(=O)OCC)C(=O)OCC. The molecule has 0 aromatic heterocycles. The van der Waals surface area contributed by atoms with Crippen LogP contribution in [0.1, 0.15) is 118 Å². The quantitative estimate of drug-likeness (QED) is 0.152. The van der Waals surface area contributed by atoms with Crippen molar-refractivity contribution in [3.63, 3.8) is 0 Å². The van der Waals surface area contributed by atoms with Gasteiger partial charge in [0, 0.05) is 0 Å². The van der Waals surface area contributed by atoms with Crippen LogP contribution in [0.5, 0.6) is 0 Å². The molecule has 4 nitrogen and oxygen atoms in total. The Morgan fingerprint density at radius 2 is 0.889 bits per heavy atom. The van der Waals surface area contributed by atoms with Crippen LogP contribution >= 0.6 is 0 Å². The van der Waals surface area contributed by atoms with Crippen LogP contribution in [0.25, 0.3) is 0 Å². The molecule has 0 heterocycles. The summed E-state index contributed by atoms with van der Waals surface area (Å²) >= 11 is 0. The van der Waals surface area contributed by atoms with Crippen LogP contribution in [0.2, 0.25) is 0 Å². The lowest BCUT2D eigenvalue weighted by atomic mass is 9.77. The second kappa shape index (κ2) is 17.1. The largest absolute Gasteiger partial charge is 0.465 e. The number of ether oxygens (including phenoxy) is 2. The van der Waals surface area contributed by atoms with Gasteiger partial charge in [-0.2, -0.15) is 0 Å². The summed E-state index contributed by atoms with van der Waals surface area (Å²) in [7, 11) is 0. The number of esters is 2. The maximum Gasteiger partial charge on any atom is 0.323 e. The van der Waals surface area contributed by atoms with Crippen LogP contribution in [0.3, 0.4) is 0 Å². The monoisotopic (exact) mass is 384 g/mol. The summed E-state index contributed by atoms with van der Waals surface area (Å²) in [4.78, 5) is 25.6. The first-order valence-corrected chi connectivity index (χ1v) is 11.4. The number of rotatable bonds is 18. The summed E-state index contributed by atoms with van der Waals surface area (Å²) in [5.41, 5.74) is -1.11. The summed E-state index contributed by atoms with van der Waals surface area (Å²) in [6.45, 7) is 8.59. The van der Waals surface area contributed by atoms with Gasteiger partial charge in [0.15, 0.2) is 5.41 Å². The minimum atomic E-state index is -1.11. The molecule has 4 heteroatoms. The van der Waals surface area contributed by atoms with Crippen LogP contribution < -0.4 is 0 Å². The third-order valence-electron chi connectivity index (χ3n) is 5.25. The highest BCUT2D eigenvalue weighted by Crippen LogP contribution is 2.35. The lowest BCUT2D eigenvalue weighted by Crippen LogP contribution is -2.42. The first-order valence-electron chi connectivity index (χ1n) is 11.4. The highest BCUT2D eigenvalue weighted by Gasteiger charge is 2.47. The molecule has 0 fully saturated rings. The number of hydrogen-bond donors (Lipinski definition) is 0. The summed E-state index contributed by atoms with van der Waals surface area (Å²) in [6, 6.07) is 0. The van der Waals surface area contributed by atoms with Gasteiger partial charge in [-0.25, -0.2) is 0 Å². The molecule has 0 aromatic carbocycles. The molecule has 0 aliphatic rings. The van der Waals surface area contributed by atoms with E-state index < -0.39 is 5.41 Å². The van der Waals surface area contributed by atoms with Gasteiger partial charge in [-0.15, -0.1) is 0 Å². The smallest absolute Gasteiger partial charge is 0.323 e. The van der Waals surface area contributed by atoms with E-state index in [9.17, 15) is 9.59 Å².